The number of benzene rings is 2. The van der Waals surface area contributed by atoms with Gasteiger partial charge in [0.2, 0.25) is 0 Å². The molecule has 4 heterocycles. The Kier molecular flexibility index (Phi) is 7.18. The predicted molar refractivity (Wildman–Crippen MR) is 161 cm³/mol. The average molecular weight is 543 g/mol. The lowest BCUT2D eigenvalue weighted by Gasteiger charge is -2.45. The summed E-state index contributed by atoms with van der Waals surface area (Å²) in [7, 11) is 0. The van der Waals surface area contributed by atoms with Crippen LogP contribution in [0.15, 0.2) is 48.5 Å². The minimum Gasteiger partial charge on any atom is -0.444 e. The highest BCUT2D eigenvalue weighted by Gasteiger charge is 2.44. The van der Waals surface area contributed by atoms with Crippen LogP contribution in [0.1, 0.15) is 88.7 Å². The Morgan fingerprint density at radius 2 is 1.68 bits per heavy atom. The van der Waals surface area contributed by atoms with Crippen molar-refractivity contribution in [2.24, 2.45) is 0 Å². The van der Waals surface area contributed by atoms with Crippen molar-refractivity contribution in [1.29, 1.82) is 0 Å². The molecule has 3 fully saturated rings. The van der Waals surface area contributed by atoms with Crippen LogP contribution in [0.2, 0.25) is 0 Å². The Labute approximate surface area is 239 Å². The van der Waals surface area contributed by atoms with Crippen LogP contribution >= 0.6 is 0 Å². The molecule has 2 bridgehead atoms. The van der Waals surface area contributed by atoms with Gasteiger partial charge in [0.15, 0.2) is 0 Å². The second-order valence-electron chi connectivity index (χ2n) is 13.6. The standard InChI is InChI=1S/C34H46N4O2/c1-24-9-8-10-26(21-24)34(15-18-36(19-16-34)32(39)40-33(3,4)5)17-20-37-27-13-14-28(37)23-29(22-27)38-25(2)35-30-11-6-7-12-31(30)38/h6-12,21,27-29H,13-20,22-23H2,1-5H3/t27-,28+,29?. The molecule has 1 aromatic heterocycles. The third-order valence-electron chi connectivity index (χ3n) is 9.85. The molecule has 3 saturated heterocycles. The second kappa shape index (κ2) is 10.5. The number of carbonyl (C=O) groups excluding carboxylic acids is 1. The van der Waals surface area contributed by atoms with Crippen LogP contribution < -0.4 is 0 Å². The summed E-state index contributed by atoms with van der Waals surface area (Å²) in [5.74, 6) is 1.15. The molecule has 3 aliphatic rings. The highest BCUT2D eigenvalue weighted by atomic mass is 16.6. The summed E-state index contributed by atoms with van der Waals surface area (Å²) < 4.78 is 8.24. The van der Waals surface area contributed by atoms with Gasteiger partial charge >= 0.3 is 6.09 Å². The fourth-order valence-corrected chi connectivity index (χ4v) is 7.89. The zero-order valence-electron chi connectivity index (χ0n) is 25.0. The van der Waals surface area contributed by atoms with E-state index < -0.39 is 5.60 Å². The lowest BCUT2D eigenvalue weighted by atomic mass is 9.70. The molecular formula is C34H46N4O2. The van der Waals surface area contributed by atoms with Crippen molar-refractivity contribution in [3.8, 4) is 0 Å². The number of hydrogen-bond acceptors (Lipinski definition) is 4. The van der Waals surface area contributed by atoms with Gasteiger partial charge in [-0.25, -0.2) is 9.78 Å². The summed E-state index contributed by atoms with van der Waals surface area (Å²) in [5.41, 5.74) is 4.79. The maximum atomic E-state index is 12.8. The summed E-state index contributed by atoms with van der Waals surface area (Å²) >= 11 is 0. The lowest BCUT2D eigenvalue weighted by molar-refractivity contribution is 0.0144. The maximum absolute atomic E-state index is 12.8. The first-order valence-corrected chi connectivity index (χ1v) is 15.4. The van der Waals surface area contributed by atoms with Gasteiger partial charge in [0.1, 0.15) is 11.4 Å². The zero-order valence-corrected chi connectivity index (χ0v) is 25.0. The van der Waals surface area contributed by atoms with Gasteiger partial charge < -0.3 is 14.2 Å². The van der Waals surface area contributed by atoms with Gasteiger partial charge in [-0.2, -0.15) is 0 Å². The van der Waals surface area contributed by atoms with E-state index in [9.17, 15) is 4.79 Å². The van der Waals surface area contributed by atoms with E-state index in [-0.39, 0.29) is 11.5 Å². The van der Waals surface area contributed by atoms with Gasteiger partial charge in [-0.15, -0.1) is 0 Å². The van der Waals surface area contributed by atoms with Crippen LogP contribution in [0.4, 0.5) is 4.79 Å². The molecular weight excluding hydrogens is 496 g/mol. The largest absolute Gasteiger partial charge is 0.444 e. The van der Waals surface area contributed by atoms with E-state index in [1.54, 1.807) is 0 Å². The van der Waals surface area contributed by atoms with Crippen molar-refractivity contribution >= 4 is 17.1 Å². The number of nitrogens with zero attached hydrogens (tertiary/aromatic N) is 4. The first-order chi connectivity index (χ1) is 19.1. The quantitative estimate of drug-likeness (QED) is 0.343. The van der Waals surface area contributed by atoms with Gasteiger partial charge in [0.25, 0.3) is 0 Å². The highest BCUT2D eigenvalue weighted by molar-refractivity contribution is 5.76. The molecule has 0 radical (unpaired) electrons. The van der Waals surface area contributed by atoms with E-state index in [2.05, 4.69) is 71.8 Å². The third kappa shape index (κ3) is 5.27. The third-order valence-corrected chi connectivity index (χ3v) is 9.85. The molecule has 40 heavy (non-hydrogen) atoms. The smallest absolute Gasteiger partial charge is 0.410 e. The number of hydrogen-bond donors (Lipinski definition) is 0. The van der Waals surface area contributed by atoms with Gasteiger partial charge in [-0.05, 0) is 109 Å². The topological polar surface area (TPSA) is 50.6 Å². The fourth-order valence-electron chi connectivity index (χ4n) is 7.89. The van der Waals surface area contributed by atoms with Crippen molar-refractivity contribution in [3.05, 3.63) is 65.5 Å². The monoisotopic (exact) mass is 542 g/mol. The summed E-state index contributed by atoms with van der Waals surface area (Å²) in [6.07, 6.45) is 7.97. The molecule has 1 amide bonds. The number of imidazole rings is 1. The molecule has 214 valence electrons. The highest BCUT2D eigenvalue weighted by Crippen LogP contribution is 2.45. The molecule has 6 rings (SSSR count). The van der Waals surface area contributed by atoms with Crippen molar-refractivity contribution in [2.75, 3.05) is 19.6 Å². The Morgan fingerprint density at radius 3 is 2.35 bits per heavy atom. The van der Waals surface area contributed by atoms with Crippen molar-refractivity contribution < 1.29 is 9.53 Å². The molecule has 0 N–H and O–H groups in total. The first kappa shape index (κ1) is 27.3. The summed E-state index contributed by atoms with van der Waals surface area (Å²) in [6, 6.07) is 19.5. The number of rotatable bonds is 5. The number of aromatic nitrogens is 2. The normalized spacial score (nSPS) is 24.9. The number of amides is 1. The van der Waals surface area contributed by atoms with Gasteiger partial charge in [-0.1, -0.05) is 42.0 Å². The molecule has 1 unspecified atom stereocenters. The Morgan fingerprint density at radius 1 is 0.975 bits per heavy atom. The number of piperidine rings is 2. The zero-order chi connectivity index (χ0) is 28.1. The van der Waals surface area contributed by atoms with Crippen molar-refractivity contribution in [1.82, 2.24) is 19.4 Å². The summed E-state index contributed by atoms with van der Waals surface area (Å²) in [6.45, 7) is 12.8. The number of aryl methyl sites for hydroxylation is 2. The Balaban J connectivity index is 1.17. The SMILES string of the molecule is Cc1cccc(C2(CCN3[C@@H]4CC[C@H]3CC(n3c(C)nc5ccccc53)C4)CCN(C(=O)OC(C)(C)C)CC2)c1. The van der Waals surface area contributed by atoms with Crippen molar-refractivity contribution in [3.63, 3.8) is 0 Å². The van der Waals surface area contributed by atoms with Gasteiger partial charge in [0.05, 0.1) is 11.0 Å². The minimum atomic E-state index is -0.463. The van der Waals surface area contributed by atoms with Crippen LogP contribution in [0.25, 0.3) is 11.0 Å². The van der Waals surface area contributed by atoms with Gasteiger partial charge in [-0.3, -0.25) is 4.90 Å². The van der Waals surface area contributed by atoms with Crippen LogP contribution in [0.5, 0.6) is 0 Å². The number of likely N-dealkylation sites (tertiary alicyclic amines) is 1. The van der Waals surface area contributed by atoms with Crippen molar-refractivity contribution in [2.45, 2.75) is 109 Å². The second-order valence-corrected chi connectivity index (χ2v) is 13.6. The van der Waals surface area contributed by atoms with Crippen LogP contribution in [0, 0.1) is 13.8 Å². The number of carbonyl (C=O) groups is 1. The predicted octanol–water partition coefficient (Wildman–Crippen LogP) is 7.18. The Hall–Kier alpha value is -2.86. The van der Waals surface area contributed by atoms with E-state index in [1.165, 1.54) is 42.3 Å². The van der Waals surface area contributed by atoms with E-state index in [1.807, 2.05) is 25.7 Å². The molecule has 6 nitrogen and oxygen atoms in total. The maximum Gasteiger partial charge on any atom is 0.410 e. The molecule has 0 aliphatic carbocycles. The van der Waals surface area contributed by atoms with Crippen LogP contribution in [0.3, 0.4) is 0 Å². The van der Waals surface area contributed by atoms with Crippen LogP contribution in [-0.2, 0) is 10.2 Å². The van der Waals surface area contributed by atoms with Gasteiger partial charge in [0, 0.05) is 31.2 Å². The number of fused-ring (bicyclic) bond motifs is 3. The number of ether oxygens (including phenoxy) is 1. The van der Waals surface area contributed by atoms with Crippen LogP contribution in [-0.4, -0.2) is 62.8 Å². The average Bonchev–Trinajstić information content (AvgIpc) is 3.37. The molecule has 0 saturated carbocycles. The minimum absolute atomic E-state index is 0.0952. The van der Waals surface area contributed by atoms with E-state index >= 15 is 0 Å². The molecule has 3 atom stereocenters. The Bertz CT molecular complexity index is 1350. The lowest BCUT2D eigenvalue weighted by Crippen LogP contribution is -2.49. The molecule has 3 aromatic rings. The van der Waals surface area contributed by atoms with E-state index in [0.29, 0.717) is 18.1 Å². The summed E-state index contributed by atoms with van der Waals surface area (Å²) in [5, 5.41) is 0. The summed E-state index contributed by atoms with van der Waals surface area (Å²) in [4.78, 5) is 22.5. The molecule has 2 aromatic carbocycles. The van der Waals surface area contributed by atoms with E-state index in [4.69, 9.17) is 9.72 Å². The fraction of sp³-hybridized carbons (Fsp3) is 0.588. The van der Waals surface area contributed by atoms with E-state index in [0.717, 1.165) is 50.2 Å². The first-order valence-electron chi connectivity index (χ1n) is 15.4. The molecule has 0 spiro atoms. The molecule has 3 aliphatic heterocycles. The number of para-hydroxylation sites is 2. The molecule has 6 heteroatoms.